The highest BCUT2D eigenvalue weighted by Gasteiger charge is 2.18. The first kappa shape index (κ1) is 26.5. The van der Waals surface area contributed by atoms with Crippen LogP contribution in [0.3, 0.4) is 0 Å². The van der Waals surface area contributed by atoms with E-state index in [9.17, 15) is 13.2 Å². The number of carbonyl (C=O) groups excluding carboxylic acids is 1. The van der Waals surface area contributed by atoms with Crippen molar-refractivity contribution in [1.82, 2.24) is 0 Å². The lowest BCUT2D eigenvalue weighted by Gasteiger charge is -2.23. The number of thioether (sulfide) groups is 1. The zero-order chi connectivity index (χ0) is 26.4. The van der Waals surface area contributed by atoms with Gasteiger partial charge in [-0.2, -0.15) is 0 Å². The van der Waals surface area contributed by atoms with Gasteiger partial charge in [-0.15, -0.1) is 11.8 Å². The molecule has 0 aromatic heterocycles. The average molecular weight is 531 g/mol. The van der Waals surface area contributed by atoms with E-state index in [1.807, 2.05) is 74.5 Å². The zero-order valence-corrected chi connectivity index (χ0v) is 22.8. The van der Waals surface area contributed by atoms with Gasteiger partial charge in [0.25, 0.3) is 5.91 Å². The molecule has 0 aliphatic rings. The van der Waals surface area contributed by atoms with Crippen LogP contribution in [-0.4, -0.2) is 20.6 Å². The molecule has 7 heteroatoms. The van der Waals surface area contributed by atoms with E-state index in [0.29, 0.717) is 11.3 Å². The number of nitrogens with zero attached hydrogens (tertiary/aromatic N) is 1. The molecule has 37 heavy (non-hydrogen) atoms. The molecular formula is C30H30N2O3S2. The molecule has 4 rings (SSSR count). The second-order valence-corrected chi connectivity index (χ2v) is 11.9. The van der Waals surface area contributed by atoms with Gasteiger partial charge in [0.15, 0.2) is 0 Å². The maximum absolute atomic E-state index is 12.8. The van der Waals surface area contributed by atoms with Crippen molar-refractivity contribution in [3.8, 4) is 0 Å². The number of sulfonamides is 1. The van der Waals surface area contributed by atoms with Crippen LogP contribution in [0, 0.1) is 13.8 Å². The Bertz CT molecular complexity index is 1470. The van der Waals surface area contributed by atoms with Crippen molar-refractivity contribution in [1.29, 1.82) is 0 Å². The van der Waals surface area contributed by atoms with E-state index in [1.54, 1.807) is 36.0 Å². The molecule has 0 bridgehead atoms. The predicted molar refractivity (Wildman–Crippen MR) is 154 cm³/mol. The number of benzene rings is 4. The lowest BCUT2D eigenvalue weighted by molar-refractivity contribution is 0.102. The number of rotatable bonds is 9. The van der Waals surface area contributed by atoms with E-state index in [4.69, 9.17) is 0 Å². The first-order chi connectivity index (χ1) is 17.7. The van der Waals surface area contributed by atoms with Gasteiger partial charge >= 0.3 is 0 Å². The number of hydrogen-bond donors (Lipinski definition) is 1. The van der Waals surface area contributed by atoms with Crippen molar-refractivity contribution in [3.05, 3.63) is 125 Å². The highest BCUT2D eigenvalue weighted by molar-refractivity contribution is 7.98. The Kier molecular flexibility index (Phi) is 8.36. The zero-order valence-electron chi connectivity index (χ0n) is 21.1. The van der Waals surface area contributed by atoms with Crippen molar-refractivity contribution < 1.29 is 13.2 Å². The number of anilines is 2. The van der Waals surface area contributed by atoms with Crippen LogP contribution in [0.4, 0.5) is 11.4 Å². The summed E-state index contributed by atoms with van der Waals surface area (Å²) in [7, 11) is -3.48. The van der Waals surface area contributed by atoms with Crippen LogP contribution in [0.25, 0.3) is 0 Å². The predicted octanol–water partition coefficient (Wildman–Crippen LogP) is 6.81. The lowest BCUT2D eigenvalue weighted by atomic mass is 10.1. The van der Waals surface area contributed by atoms with Crippen LogP contribution in [-0.2, 0) is 22.3 Å². The Morgan fingerprint density at radius 3 is 2.08 bits per heavy atom. The van der Waals surface area contributed by atoms with E-state index in [1.165, 1.54) is 21.0 Å². The highest BCUT2D eigenvalue weighted by Crippen LogP contribution is 2.25. The third-order valence-corrected chi connectivity index (χ3v) is 8.31. The minimum Gasteiger partial charge on any atom is -0.322 e. The summed E-state index contributed by atoms with van der Waals surface area (Å²) in [4.78, 5) is 14.0. The molecule has 0 heterocycles. The second-order valence-electron chi connectivity index (χ2n) is 8.99. The second kappa shape index (κ2) is 11.7. The number of nitrogens with one attached hydrogen (secondary N) is 1. The number of carbonyl (C=O) groups is 1. The summed E-state index contributed by atoms with van der Waals surface area (Å²) in [5.74, 6) is 0.638. The van der Waals surface area contributed by atoms with Crippen molar-refractivity contribution in [2.75, 3.05) is 15.9 Å². The Morgan fingerprint density at radius 1 is 0.811 bits per heavy atom. The molecule has 1 N–H and O–H groups in total. The standard InChI is InChI=1S/C30H30N2O3S2/c1-22-9-18-28(19-23(22)2)32(37(3,34)35)20-24-10-14-26(15-11-24)30(33)31-27-16-12-25(13-17-27)21-36-29-7-5-4-6-8-29/h4-19H,20-21H2,1-3H3,(H,31,33). The molecule has 0 saturated carbocycles. The van der Waals surface area contributed by atoms with Gasteiger partial charge in [-0.3, -0.25) is 9.10 Å². The van der Waals surface area contributed by atoms with Gasteiger partial charge in [-0.05, 0) is 84.6 Å². The third kappa shape index (κ3) is 7.24. The summed E-state index contributed by atoms with van der Waals surface area (Å²) < 4.78 is 26.4. The van der Waals surface area contributed by atoms with Gasteiger partial charge < -0.3 is 5.32 Å². The first-order valence-electron chi connectivity index (χ1n) is 11.9. The van der Waals surface area contributed by atoms with Crippen molar-refractivity contribution in [3.63, 3.8) is 0 Å². The van der Waals surface area contributed by atoms with E-state index in [2.05, 4.69) is 17.4 Å². The van der Waals surface area contributed by atoms with Crippen molar-refractivity contribution >= 4 is 39.1 Å². The smallest absolute Gasteiger partial charge is 0.255 e. The maximum atomic E-state index is 12.8. The maximum Gasteiger partial charge on any atom is 0.255 e. The molecule has 5 nitrogen and oxygen atoms in total. The fourth-order valence-corrected chi connectivity index (χ4v) is 5.53. The van der Waals surface area contributed by atoms with Crippen LogP contribution in [0.15, 0.2) is 102 Å². The molecule has 0 aliphatic heterocycles. The van der Waals surface area contributed by atoms with Gasteiger partial charge in [-0.25, -0.2) is 8.42 Å². The number of aryl methyl sites for hydroxylation is 2. The van der Waals surface area contributed by atoms with Crippen LogP contribution < -0.4 is 9.62 Å². The Hall–Kier alpha value is -3.55. The fraction of sp³-hybridized carbons (Fsp3) is 0.167. The van der Waals surface area contributed by atoms with Crippen molar-refractivity contribution in [2.45, 2.75) is 31.0 Å². The number of hydrogen-bond acceptors (Lipinski definition) is 4. The molecule has 0 fully saturated rings. The van der Waals surface area contributed by atoms with Gasteiger partial charge in [0.05, 0.1) is 18.5 Å². The van der Waals surface area contributed by atoms with E-state index in [-0.39, 0.29) is 12.5 Å². The average Bonchev–Trinajstić information content (AvgIpc) is 2.89. The monoisotopic (exact) mass is 530 g/mol. The lowest BCUT2D eigenvalue weighted by Crippen LogP contribution is -2.29. The van der Waals surface area contributed by atoms with Gasteiger partial charge in [0.1, 0.15) is 0 Å². The topological polar surface area (TPSA) is 66.5 Å². The molecule has 1 amide bonds. The summed E-state index contributed by atoms with van der Waals surface area (Å²) in [6.07, 6.45) is 1.20. The fourth-order valence-electron chi connectivity index (χ4n) is 3.78. The quantitative estimate of drug-likeness (QED) is 0.241. The molecule has 4 aromatic carbocycles. The van der Waals surface area contributed by atoms with E-state index in [0.717, 1.165) is 28.1 Å². The Balaban J connectivity index is 1.38. The van der Waals surface area contributed by atoms with Gasteiger partial charge in [0, 0.05) is 21.9 Å². The molecule has 0 spiro atoms. The Morgan fingerprint density at radius 2 is 1.46 bits per heavy atom. The summed E-state index contributed by atoms with van der Waals surface area (Å²) in [6, 6.07) is 30.7. The normalized spacial score (nSPS) is 11.2. The summed E-state index contributed by atoms with van der Waals surface area (Å²) in [6.45, 7) is 4.14. The largest absolute Gasteiger partial charge is 0.322 e. The molecule has 0 unspecified atom stereocenters. The first-order valence-corrected chi connectivity index (χ1v) is 14.7. The van der Waals surface area contributed by atoms with E-state index >= 15 is 0 Å². The van der Waals surface area contributed by atoms with Crippen molar-refractivity contribution in [2.24, 2.45) is 0 Å². The minimum atomic E-state index is -3.48. The minimum absolute atomic E-state index is 0.186. The molecule has 0 saturated heterocycles. The molecule has 4 aromatic rings. The summed E-state index contributed by atoms with van der Waals surface area (Å²) in [5, 5.41) is 2.93. The molecule has 190 valence electrons. The summed E-state index contributed by atoms with van der Waals surface area (Å²) in [5.41, 5.74) is 5.95. The summed E-state index contributed by atoms with van der Waals surface area (Å²) >= 11 is 1.77. The Labute approximate surface area is 223 Å². The van der Waals surface area contributed by atoms with Crippen LogP contribution in [0.1, 0.15) is 32.6 Å². The van der Waals surface area contributed by atoms with Gasteiger partial charge in [-0.1, -0.05) is 48.5 Å². The molecule has 0 aliphatic carbocycles. The van der Waals surface area contributed by atoms with Crippen LogP contribution in [0.5, 0.6) is 0 Å². The molecule has 0 radical (unpaired) electrons. The molecule has 0 atom stereocenters. The van der Waals surface area contributed by atoms with Gasteiger partial charge in [0.2, 0.25) is 10.0 Å². The van der Waals surface area contributed by atoms with Crippen LogP contribution >= 0.6 is 11.8 Å². The third-order valence-electron chi connectivity index (χ3n) is 6.08. The highest BCUT2D eigenvalue weighted by atomic mass is 32.2. The van der Waals surface area contributed by atoms with Crippen LogP contribution in [0.2, 0.25) is 0 Å². The van der Waals surface area contributed by atoms with E-state index < -0.39 is 10.0 Å². The molecular weight excluding hydrogens is 500 g/mol. The number of amides is 1. The SMILES string of the molecule is Cc1ccc(N(Cc2ccc(C(=O)Nc3ccc(CSc4ccccc4)cc3)cc2)S(C)(=O)=O)cc1C.